The molecule has 3 aliphatic rings. The maximum absolute atomic E-state index is 13.5. The van der Waals surface area contributed by atoms with Crippen molar-refractivity contribution in [2.75, 3.05) is 25.1 Å². The van der Waals surface area contributed by atoms with E-state index >= 15 is 0 Å². The fourth-order valence-corrected chi connectivity index (χ4v) is 5.90. The van der Waals surface area contributed by atoms with Gasteiger partial charge in [-0.15, -0.1) is 6.58 Å². The molecule has 1 amide bonds. The molecule has 3 aromatic rings. The predicted molar refractivity (Wildman–Crippen MR) is 143 cm³/mol. The number of para-hydroxylation sites is 1. The summed E-state index contributed by atoms with van der Waals surface area (Å²) in [5.41, 5.74) is 2.37. The van der Waals surface area contributed by atoms with Gasteiger partial charge in [-0.2, -0.15) is 0 Å². The molecule has 192 valence electrons. The summed E-state index contributed by atoms with van der Waals surface area (Å²) in [7, 11) is 1.63. The maximum Gasteiger partial charge on any atom is 0.326 e. The molecule has 1 aromatic heterocycles. The van der Waals surface area contributed by atoms with E-state index in [0.29, 0.717) is 17.4 Å². The second kappa shape index (κ2) is 10.7. The lowest BCUT2D eigenvalue weighted by Crippen LogP contribution is -2.56. The zero-order valence-electron chi connectivity index (χ0n) is 21.4. The first kappa shape index (κ1) is 25.0. The van der Waals surface area contributed by atoms with Crippen molar-refractivity contribution in [3.63, 3.8) is 0 Å². The highest BCUT2D eigenvalue weighted by molar-refractivity contribution is 5.96. The van der Waals surface area contributed by atoms with Crippen molar-refractivity contribution in [1.82, 2.24) is 9.88 Å². The highest BCUT2D eigenvalue weighted by Gasteiger charge is 2.44. The Hall–Kier alpha value is -3.71. The van der Waals surface area contributed by atoms with E-state index in [2.05, 4.69) is 16.5 Å². The minimum absolute atomic E-state index is 0.00115. The first-order valence-electron chi connectivity index (χ1n) is 12.8. The van der Waals surface area contributed by atoms with E-state index in [1.165, 1.54) is 11.8 Å². The molecule has 0 aliphatic carbocycles. The number of rotatable bonds is 8. The molecule has 6 rings (SSSR count). The van der Waals surface area contributed by atoms with Gasteiger partial charge in [0.1, 0.15) is 18.4 Å². The standard InChI is InChI=1S/C30H33N3O4/c1-4-22-16-21-13-15-32(22)28(17-21)30(25-12-14-31-27-11-10-24(36-3)18-26(25)27)37-29(35)19-33(20(2)34)23-8-6-5-7-9-23/h4-12,14,18,21-22,28,30H,1,13,15-17,19H2,2-3H3/t21-,22-,28+,30+/m1/s1. The number of aromatic nitrogens is 1. The van der Waals surface area contributed by atoms with Gasteiger partial charge in [-0.05, 0) is 68.1 Å². The van der Waals surface area contributed by atoms with Gasteiger partial charge >= 0.3 is 5.97 Å². The highest BCUT2D eigenvalue weighted by Crippen LogP contribution is 2.44. The van der Waals surface area contributed by atoms with Gasteiger partial charge in [-0.3, -0.25) is 19.5 Å². The topological polar surface area (TPSA) is 72.0 Å². The molecule has 2 bridgehead atoms. The van der Waals surface area contributed by atoms with Crippen LogP contribution >= 0.6 is 0 Å². The molecule has 7 heteroatoms. The van der Waals surface area contributed by atoms with Gasteiger partial charge in [-0.1, -0.05) is 24.3 Å². The van der Waals surface area contributed by atoms with E-state index in [-0.39, 0.29) is 24.5 Å². The Balaban J connectivity index is 1.52. The highest BCUT2D eigenvalue weighted by atomic mass is 16.5. The van der Waals surface area contributed by atoms with E-state index in [9.17, 15) is 9.59 Å². The van der Waals surface area contributed by atoms with Crippen LogP contribution < -0.4 is 9.64 Å². The average molecular weight is 500 g/mol. The number of methoxy groups -OCH3 is 1. The Bertz CT molecular complexity index is 1290. The Morgan fingerprint density at radius 3 is 2.70 bits per heavy atom. The molecule has 4 heterocycles. The summed E-state index contributed by atoms with van der Waals surface area (Å²) < 4.78 is 11.8. The molecular formula is C30H33N3O4. The van der Waals surface area contributed by atoms with Crippen molar-refractivity contribution >= 4 is 28.5 Å². The Labute approximate surface area is 217 Å². The summed E-state index contributed by atoms with van der Waals surface area (Å²) in [6, 6.07) is 17.1. The van der Waals surface area contributed by atoms with Crippen LogP contribution in [0.5, 0.6) is 5.75 Å². The lowest BCUT2D eigenvalue weighted by molar-refractivity contribution is -0.156. The first-order chi connectivity index (χ1) is 18.0. The van der Waals surface area contributed by atoms with Crippen molar-refractivity contribution in [2.45, 2.75) is 44.4 Å². The molecule has 7 nitrogen and oxygen atoms in total. The second-order valence-electron chi connectivity index (χ2n) is 9.87. The zero-order valence-corrected chi connectivity index (χ0v) is 21.4. The maximum atomic E-state index is 13.5. The summed E-state index contributed by atoms with van der Waals surface area (Å²) in [5.74, 6) is 0.605. The lowest BCUT2D eigenvalue weighted by Gasteiger charge is -2.51. The van der Waals surface area contributed by atoms with Crippen molar-refractivity contribution in [3.8, 4) is 5.75 Å². The minimum atomic E-state index is -0.528. The molecule has 1 unspecified atom stereocenters. The number of anilines is 1. The third-order valence-corrected chi connectivity index (χ3v) is 7.70. The average Bonchev–Trinajstić information content (AvgIpc) is 2.94. The summed E-state index contributed by atoms with van der Waals surface area (Å²) in [6.07, 6.45) is 6.40. The molecule has 0 radical (unpaired) electrons. The van der Waals surface area contributed by atoms with Gasteiger partial charge in [0.05, 0.1) is 18.7 Å². The molecule has 3 aliphatic heterocycles. The van der Waals surface area contributed by atoms with Crippen molar-refractivity contribution in [3.05, 3.63) is 79.0 Å². The lowest BCUT2D eigenvalue weighted by atomic mass is 9.76. The zero-order chi connectivity index (χ0) is 25.9. The third-order valence-electron chi connectivity index (χ3n) is 7.70. The molecule has 37 heavy (non-hydrogen) atoms. The van der Waals surface area contributed by atoms with Crippen LogP contribution in [0.15, 0.2) is 73.4 Å². The Morgan fingerprint density at radius 2 is 2.00 bits per heavy atom. The third kappa shape index (κ3) is 5.09. The largest absolute Gasteiger partial charge is 0.497 e. The number of ether oxygens (including phenoxy) is 2. The fourth-order valence-electron chi connectivity index (χ4n) is 5.90. The number of carbonyl (C=O) groups is 2. The van der Waals surface area contributed by atoms with Crippen LogP contribution in [0.25, 0.3) is 10.9 Å². The van der Waals surface area contributed by atoms with Crippen molar-refractivity contribution in [2.24, 2.45) is 5.92 Å². The number of hydrogen-bond acceptors (Lipinski definition) is 6. The first-order valence-corrected chi connectivity index (χ1v) is 12.8. The smallest absolute Gasteiger partial charge is 0.326 e. The fraction of sp³-hybridized carbons (Fsp3) is 0.367. The monoisotopic (exact) mass is 499 g/mol. The van der Waals surface area contributed by atoms with Crippen LogP contribution in [0.1, 0.15) is 37.9 Å². The van der Waals surface area contributed by atoms with Gasteiger partial charge in [0.25, 0.3) is 0 Å². The van der Waals surface area contributed by atoms with Crippen LogP contribution in [-0.2, 0) is 14.3 Å². The van der Waals surface area contributed by atoms with Crippen molar-refractivity contribution in [1.29, 1.82) is 0 Å². The number of hydrogen-bond donors (Lipinski definition) is 0. The van der Waals surface area contributed by atoms with E-state index in [1.807, 2.05) is 60.7 Å². The van der Waals surface area contributed by atoms with E-state index < -0.39 is 12.1 Å². The summed E-state index contributed by atoms with van der Waals surface area (Å²) in [5, 5.41) is 0.893. The van der Waals surface area contributed by atoms with Crippen LogP contribution in [0, 0.1) is 5.92 Å². The Kier molecular flexibility index (Phi) is 7.24. The number of pyridine rings is 1. The summed E-state index contributed by atoms with van der Waals surface area (Å²) >= 11 is 0. The van der Waals surface area contributed by atoms with Gasteiger partial charge in [0.15, 0.2) is 0 Å². The number of esters is 1. The normalized spacial score (nSPS) is 23.3. The molecular weight excluding hydrogens is 466 g/mol. The Morgan fingerprint density at radius 1 is 1.19 bits per heavy atom. The van der Waals surface area contributed by atoms with Crippen LogP contribution in [0.2, 0.25) is 0 Å². The number of benzene rings is 2. The van der Waals surface area contributed by atoms with Gasteiger partial charge in [-0.25, -0.2) is 0 Å². The van der Waals surface area contributed by atoms with E-state index in [1.54, 1.807) is 13.3 Å². The van der Waals surface area contributed by atoms with Crippen LogP contribution in [-0.4, -0.2) is 54.0 Å². The van der Waals surface area contributed by atoms with Gasteiger partial charge < -0.3 is 14.4 Å². The molecule has 3 fully saturated rings. The van der Waals surface area contributed by atoms with E-state index in [4.69, 9.17) is 9.47 Å². The van der Waals surface area contributed by atoms with Gasteiger partial charge in [0, 0.05) is 35.8 Å². The number of amides is 1. The van der Waals surface area contributed by atoms with E-state index in [0.717, 1.165) is 42.3 Å². The number of carbonyl (C=O) groups excluding carboxylic acids is 2. The summed E-state index contributed by atoms with van der Waals surface area (Å²) in [4.78, 5) is 34.3. The number of fused-ring (bicyclic) bond motifs is 4. The predicted octanol–water partition coefficient (Wildman–Crippen LogP) is 4.92. The summed E-state index contributed by atoms with van der Waals surface area (Å²) in [6.45, 7) is 6.31. The SMILES string of the molecule is C=C[C@@H]1C[C@H]2CCN1[C@H]([C@@H](OC(=O)CN(C(C)=O)c1ccccc1)c1ccnc3ccc(OC)cc13)C2. The molecule has 0 saturated carbocycles. The number of piperidine rings is 3. The van der Waals surface area contributed by atoms with Crippen LogP contribution in [0.4, 0.5) is 5.69 Å². The van der Waals surface area contributed by atoms with Crippen molar-refractivity contribution < 1.29 is 19.1 Å². The van der Waals surface area contributed by atoms with Crippen LogP contribution in [0.3, 0.4) is 0 Å². The molecule has 0 N–H and O–H groups in total. The second-order valence-corrected chi connectivity index (χ2v) is 9.87. The van der Waals surface area contributed by atoms with Gasteiger partial charge in [0.2, 0.25) is 5.91 Å². The minimum Gasteiger partial charge on any atom is -0.497 e. The molecule has 5 atom stereocenters. The quantitative estimate of drug-likeness (QED) is 0.324. The number of nitrogens with zero attached hydrogens (tertiary/aromatic N) is 3. The molecule has 3 saturated heterocycles. The molecule has 0 spiro atoms. The molecule has 2 aromatic carbocycles.